The maximum absolute atomic E-state index is 12.3. The quantitative estimate of drug-likeness (QED) is 0.0692. The van der Waals surface area contributed by atoms with Crippen molar-refractivity contribution in [1.82, 2.24) is 9.97 Å². The van der Waals surface area contributed by atoms with Gasteiger partial charge in [0.25, 0.3) is 0 Å². The van der Waals surface area contributed by atoms with Crippen molar-refractivity contribution in [3.8, 4) is 11.3 Å². The number of aromatic nitrogens is 2. The van der Waals surface area contributed by atoms with E-state index in [0.29, 0.717) is 23.7 Å². The van der Waals surface area contributed by atoms with Gasteiger partial charge in [-0.25, -0.2) is 0 Å². The molecule has 5 aromatic rings. The normalized spacial score (nSPS) is 12.9. The molecule has 52 heavy (non-hydrogen) atoms. The Labute approximate surface area is 334 Å². The number of thiophene rings is 1. The van der Waals surface area contributed by atoms with Crippen molar-refractivity contribution >= 4 is 65.9 Å². The zero-order chi connectivity index (χ0) is 38.2. The molecule has 3 aromatic carbocycles. The molecule has 2 heterocycles. The summed E-state index contributed by atoms with van der Waals surface area (Å²) in [7, 11) is 0. The van der Waals surface area contributed by atoms with E-state index in [9.17, 15) is 9.90 Å². The fourth-order valence-electron chi connectivity index (χ4n) is 7.97. The first-order valence-electron chi connectivity index (χ1n) is 18.7. The van der Waals surface area contributed by atoms with Crippen LogP contribution in [0.2, 0.25) is 17.3 Å². The Kier molecular flexibility index (Phi) is 14.7. The minimum Gasteiger partial charge on any atom is 0 e. The summed E-state index contributed by atoms with van der Waals surface area (Å²) in [6.07, 6.45) is 3.20. The summed E-state index contributed by atoms with van der Waals surface area (Å²) in [5.41, 5.74) is 5.89. The van der Waals surface area contributed by atoms with E-state index in [1.807, 2.05) is 11.3 Å². The topological polar surface area (TPSA) is 63.1 Å². The zero-order valence-corrected chi connectivity index (χ0v) is 39.5. The van der Waals surface area contributed by atoms with E-state index >= 15 is 0 Å². The average Bonchev–Trinajstić information content (AvgIpc) is 3.39. The van der Waals surface area contributed by atoms with E-state index in [1.165, 1.54) is 32.7 Å². The molecule has 2 aromatic heterocycles. The number of carbonyl (C=O) groups excluding carboxylic acids is 1. The molecule has 283 valence electrons. The van der Waals surface area contributed by atoms with E-state index in [2.05, 4.69) is 149 Å². The van der Waals surface area contributed by atoms with Gasteiger partial charge in [0.05, 0.1) is 5.76 Å². The van der Waals surface area contributed by atoms with Crippen LogP contribution in [0, 0.1) is 48.5 Å². The van der Waals surface area contributed by atoms with Crippen molar-refractivity contribution in [2.24, 2.45) is 35.5 Å². The number of allylic oxidation sites excluding steroid dienone is 2. The van der Waals surface area contributed by atoms with Crippen LogP contribution in [-0.2, 0) is 30.3 Å². The van der Waals surface area contributed by atoms with E-state index in [-0.39, 0.29) is 48.9 Å². The number of hydrogen-bond acceptors (Lipinski definition) is 5. The number of aryl methyl sites for hydroxylation is 1. The number of hydrogen-bond donors (Lipinski definition) is 1. The molecule has 0 unspecified atom stereocenters. The van der Waals surface area contributed by atoms with E-state index in [4.69, 9.17) is 9.97 Å². The molecule has 0 fully saturated rings. The molecule has 0 aliphatic heterocycles. The second kappa shape index (κ2) is 17.4. The first-order chi connectivity index (χ1) is 23.6. The van der Waals surface area contributed by atoms with E-state index in [0.717, 1.165) is 26.9 Å². The molecule has 0 aliphatic carbocycles. The number of fused-ring (bicyclic) bond motifs is 4. The van der Waals surface area contributed by atoms with Crippen LogP contribution in [0.1, 0.15) is 87.3 Å². The Bertz CT molecular complexity index is 2030. The van der Waals surface area contributed by atoms with Crippen molar-refractivity contribution in [3.63, 3.8) is 0 Å². The predicted molar refractivity (Wildman–Crippen MR) is 225 cm³/mol. The Morgan fingerprint density at radius 3 is 1.94 bits per heavy atom. The number of aliphatic hydroxyl groups is 1. The number of benzene rings is 3. The molecule has 1 N–H and O–H groups in total. The minimum atomic E-state index is -1.95. The summed E-state index contributed by atoms with van der Waals surface area (Å²) in [6, 6.07) is 19.2. The van der Waals surface area contributed by atoms with Crippen molar-refractivity contribution in [1.29, 1.82) is 0 Å². The van der Waals surface area contributed by atoms with Gasteiger partial charge >= 0.3 is 198 Å². The van der Waals surface area contributed by atoms with Gasteiger partial charge in [-0.2, -0.15) is 0 Å². The molecule has 0 saturated heterocycles. The molecule has 0 saturated carbocycles. The molecule has 0 spiro atoms. The maximum atomic E-state index is 12.3. The van der Waals surface area contributed by atoms with Gasteiger partial charge in [0.2, 0.25) is 0 Å². The van der Waals surface area contributed by atoms with E-state index in [1.54, 1.807) is 10.7 Å². The smallest absolute Gasteiger partial charge is 0 e. The summed E-state index contributed by atoms with van der Waals surface area (Å²) >= 11 is -0.106. The summed E-state index contributed by atoms with van der Waals surface area (Å²) in [6.45, 7) is 25.7. The van der Waals surface area contributed by atoms with Gasteiger partial charge in [-0.05, 0) is 23.7 Å². The van der Waals surface area contributed by atoms with Crippen molar-refractivity contribution in [3.05, 3.63) is 77.8 Å². The molecule has 0 atom stereocenters. The Balaban J connectivity index is 0.000000317. The SMILES string of the molecule is CC(C)C(C(=O)/C=C(\O)C(C(C)C)C(C)C)C(C)C.Cc1[c]([Ge]([CH3])([CH3])[CH3])ccc2c1sc1c(-c3[c-]c4ccccc4c(C(C)(C)C)c3)ncnc12.[Ir]. The third-order valence-corrected chi connectivity index (χ3v) is 16.0. The summed E-state index contributed by atoms with van der Waals surface area (Å²) in [5, 5.41) is 13.9. The van der Waals surface area contributed by atoms with Gasteiger partial charge in [0.15, 0.2) is 5.78 Å². The fraction of sp³-hybridized carbons (Fsp3) is 0.489. The number of ketones is 1. The molecule has 5 rings (SSSR count). The average molecular weight is 959 g/mol. The Morgan fingerprint density at radius 2 is 1.40 bits per heavy atom. The third-order valence-electron chi connectivity index (χ3n) is 10.1. The second-order valence-electron chi connectivity index (χ2n) is 17.8. The Hall–Kier alpha value is -2.38. The molecule has 0 amide bonds. The van der Waals surface area contributed by atoms with Gasteiger partial charge in [0, 0.05) is 38.0 Å². The standard InChI is InChI=1S/C28H29GeN2S.C17H32O2.Ir/c1-17-23(29(5,6)7)13-12-21-25-27(32-26(17)21)24(30-16-31-25)19-14-18-10-8-9-11-20(18)22(15-19)28(2,3)4;1-10(2)16(11(3)4)14(18)9-15(19)17(12(5)6)13(7)8;/h8-13,15-16H,1-7H3;9-13,16-18H,1-8H3;/q-1;;/b;14-9-;. The molecule has 0 bridgehead atoms. The van der Waals surface area contributed by atoms with Crippen LogP contribution in [0.4, 0.5) is 0 Å². The van der Waals surface area contributed by atoms with Crippen LogP contribution in [-0.4, -0.2) is 34.1 Å². The molecular formula is C45H61GeIrN2O2S-. The van der Waals surface area contributed by atoms with E-state index < -0.39 is 13.3 Å². The van der Waals surface area contributed by atoms with Gasteiger partial charge in [-0.3, -0.25) is 4.79 Å². The van der Waals surface area contributed by atoms with Crippen molar-refractivity contribution in [2.75, 3.05) is 0 Å². The van der Waals surface area contributed by atoms with Crippen LogP contribution < -0.4 is 4.40 Å². The monoisotopic (exact) mass is 960 g/mol. The number of nitrogens with zero attached hydrogens (tertiary/aromatic N) is 2. The van der Waals surface area contributed by atoms with Gasteiger partial charge < -0.3 is 5.11 Å². The molecule has 7 heteroatoms. The van der Waals surface area contributed by atoms with Crippen LogP contribution in [0.3, 0.4) is 0 Å². The zero-order valence-electron chi connectivity index (χ0n) is 34.2. The maximum Gasteiger partial charge on any atom is 0 e. The van der Waals surface area contributed by atoms with Crippen molar-refractivity contribution < 1.29 is 30.0 Å². The summed E-state index contributed by atoms with van der Waals surface area (Å²) in [4.78, 5) is 21.9. The number of carbonyl (C=O) groups is 1. The molecule has 1 radical (unpaired) electrons. The predicted octanol–water partition coefficient (Wildman–Crippen LogP) is 12.5. The van der Waals surface area contributed by atoms with Gasteiger partial charge in [-0.1, -0.05) is 55.4 Å². The number of rotatable bonds is 9. The van der Waals surface area contributed by atoms with Crippen molar-refractivity contribution in [2.45, 2.75) is 106 Å². The molecule has 4 nitrogen and oxygen atoms in total. The van der Waals surface area contributed by atoms with Crippen LogP contribution in [0.5, 0.6) is 0 Å². The molecular weight excluding hydrogens is 897 g/mol. The first kappa shape index (κ1) is 44.0. The number of aliphatic hydroxyl groups excluding tert-OH is 1. The van der Waals surface area contributed by atoms with Gasteiger partial charge in [0.1, 0.15) is 0 Å². The first-order valence-corrected chi connectivity index (χ1v) is 26.9. The minimum absolute atomic E-state index is 0. The summed E-state index contributed by atoms with van der Waals surface area (Å²) in [5.74, 6) is 9.02. The second-order valence-corrected chi connectivity index (χ2v) is 29.4. The van der Waals surface area contributed by atoms with Crippen LogP contribution in [0.25, 0.3) is 42.3 Å². The largest absolute Gasteiger partial charge is 0 e. The van der Waals surface area contributed by atoms with Gasteiger partial charge in [-0.15, -0.1) is 0 Å². The Morgan fingerprint density at radius 1 is 0.827 bits per heavy atom. The molecule has 0 aliphatic rings. The van der Waals surface area contributed by atoms with Crippen LogP contribution in [0.15, 0.2) is 60.6 Å². The summed E-state index contributed by atoms with van der Waals surface area (Å²) < 4.78 is 4.10. The third kappa shape index (κ3) is 9.64. The van der Waals surface area contributed by atoms with Crippen LogP contribution >= 0.6 is 11.3 Å². The fourth-order valence-corrected chi connectivity index (χ4v) is 13.3.